The number of nitrogens with one attached hydrogen (secondary N) is 4. The van der Waals surface area contributed by atoms with Gasteiger partial charge in [0.15, 0.2) is 37.6 Å². The smallest absolute Gasteiger partial charge is 0.364 e. The summed E-state index contributed by atoms with van der Waals surface area (Å²) < 4.78 is 83.8. The first kappa shape index (κ1) is 118. The Labute approximate surface area is 787 Å². The Morgan fingerprint density at radius 1 is 0.459 bits per heavy atom. The summed E-state index contributed by atoms with van der Waals surface area (Å²) in [6.45, 7) is 3.85. The SMILES string of the molecule is CCCCCCCCCCCCC/C=C/[C@@H](O)[C@H](CO[C@H]1O[C@H](CO)[C@@H](O[C@@H]2O[C@H](CO)[C@H](O[C@H]3O[C@H](CO)[C@H](OC(=O)CCC)[C@H](O[C@@H]4O[C@H](CO)[C@H](O)[C@H](O)[C@H]4O)[C@H]3NC(C)=O)[C@H](O[C@]3(C(=O)O)C[C@H](O)[C@H](NC(C)=O)[C@H](C(O)C(O)O[C@]4(C(=O)O)C[C@H](O)[C@H](NC(C)=O)[C@H](C(O)C(O)COC(C)=O)O4)O3)[C@@]2(C)O)[C@H](O)[C@H]1O)NC(=O)CCCCCCCCCCCCCCCCC. The molecule has 6 fully saturated rings. The van der Waals surface area contributed by atoms with Gasteiger partial charge < -0.3 is 185 Å². The highest BCUT2D eigenvalue weighted by atomic mass is 16.8. The molecule has 0 radical (unpaired) electrons. The molecule has 45 nitrogen and oxygen atoms in total. The minimum absolute atomic E-state index is 0.0731. The third kappa shape index (κ3) is 35.2. The maximum atomic E-state index is 14.6. The first-order chi connectivity index (χ1) is 64.1. The lowest BCUT2D eigenvalue weighted by atomic mass is 9.85. The summed E-state index contributed by atoms with van der Waals surface area (Å²) in [6.07, 6.45) is -32.0. The van der Waals surface area contributed by atoms with Crippen molar-refractivity contribution in [2.45, 2.75) is 468 Å². The van der Waals surface area contributed by atoms with Crippen LogP contribution in [-0.4, -0.2) is 391 Å². The van der Waals surface area contributed by atoms with Crippen LogP contribution in [-0.2, 0) is 105 Å². The molecule has 0 aromatic carbocycles. The van der Waals surface area contributed by atoms with Crippen molar-refractivity contribution in [2.75, 3.05) is 39.6 Å². The van der Waals surface area contributed by atoms with E-state index in [-0.39, 0.29) is 19.3 Å². The normalized spacial score (nSPS) is 34.2. The summed E-state index contributed by atoms with van der Waals surface area (Å²) in [5.74, 6) is -17.5. The molecule has 0 aromatic rings. The van der Waals surface area contributed by atoms with Crippen LogP contribution in [0, 0.1) is 0 Å². The van der Waals surface area contributed by atoms with E-state index in [0.29, 0.717) is 12.8 Å². The van der Waals surface area contributed by atoms with Crippen molar-refractivity contribution in [3.05, 3.63) is 12.2 Å². The molecular weight excluding hydrogens is 1790 g/mol. The molecule has 0 saturated carbocycles. The van der Waals surface area contributed by atoms with Crippen molar-refractivity contribution in [2.24, 2.45) is 0 Å². The molecule has 34 atom stereocenters. The largest absolute Gasteiger partial charge is 0.477 e. The van der Waals surface area contributed by atoms with Crippen molar-refractivity contribution >= 4 is 47.5 Å². The zero-order valence-corrected chi connectivity index (χ0v) is 78.9. The number of esters is 2. The highest BCUT2D eigenvalue weighted by Crippen LogP contribution is 2.46. The molecule has 6 heterocycles. The minimum Gasteiger partial charge on any atom is -0.477 e. The standard InChI is InChI=1S/C90H156N4O41/c1-9-12-14-16-18-20-22-24-25-27-29-31-33-35-37-40-62(107)94-53(54(103)39-36-34-32-30-28-26-23-21-19-17-15-13-10-2)47-123-83-72(114)70(112)74(59(44-96)126-83)131-87-88(8,121)80(76(61(46-98)127-87)129-82-66(93-51(6)101)79(75(60(45-97)125-82)128-63(108)38-11-3)130-84-71(113)69(111)68(110)58(43-95)124-84)134-89(85(117)118)41-55(104)65(92-50(5)100)78(133-89)73(115)81(116)135-90(86(119)120)42-56(105)64(91-49(4)99)77(132-90)67(109)57(106)48-122-52(7)102/h36,39,53-61,64-84,87,95-98,103-106,109-116,121H,9-35,37-38,40-48H2,1-8H3,(H,91,99)(H,92,100)(H,93,101)(H,94,107)(H,117,118)(H,119,120)/b39-36+/t53-,54+,55-,56-,57?,58+,59+,60+,61+,64-,65-,66+,67?,68-,69-,70+,71+,72+,73?,74+,75-,76-,77+,78+,79+,80-,81?,82+,83-,84-,87-,88+,89-,90-/m0/s1. The number of rotatable bonds is 62. The molecule has 135 heavy (non-hydrogen) atoms. The van der Waals surface area contributed by atoms with Crippen molar-refractivity contribution in [1.82, 2.24) is 21.3 Å². The molecular formula is C90H156N4O41. The number of hydrogen-bond acceptors (Lipinski definition) is 39. The zero-order valence-electron chi connectivity index (χ0n) is 78.9. The number of hydrogen-bond donors (Lipinski definition) is 23. The molecule has 23 N–H and O–H groups in total. The second-order valence-electron chi connectivity index (χ2n) is 36.4. The Morgan fingerprint density at radius 2 is 0.904 bits per heavy atom. The van der Waals surface area contributed by atoms with Gasteiger partial charge in [-0.3, -0.25) is 28.8 Å². The van der Waals surface area contributed by atoms with Gasteiger partial charge in [-0.2, -0.15) is 0 Å². The quantitative estimate of drug-likeness (QED) is 0.0141. The van der Waals surface area contributed by atoms with Crippen molar-refractivity contribution in [3.63, 3.8) is 0 Å². The van der Waals surface area contributed by atoms with Crippen LogP contribution in [0.1, 0.15) is 261 Å². The predicted molar refractivity (Wildman–Crippen MR) is 468 cm³/mol. The third-order valence-corrected chi connectivity index (χ3v) is 25.1. The number of aliphatic carboxylic acids is 2. The van der Waals surface area contributed by atoms with Gasteiger partial charge in [0.1, 0.15) is 128 Å². The van der Waals surface area contributed by atoms with Crippen LogP contribution in [0.3, 0.4) is 0 Å². The Kier molecular flexibility index (Phi) is 51.8. The van der Waals surface area contributed by atoms with Gasteiger partial charge in [0.2, 0.25) is 23.6 Å². The average Bonchev–Trinajstić information content (AvgIpc) is 0.729. The second kappa shape index (κ2) is 59.3. The highest BCUT2D eigenvalue weighted by molar-refractivity contribution is 5.78. The van der Waals surface area contributed by atoms with Crippen LogP contribution in [0.15, 0.2) is 12.2 Å². The van der Waals surface area contributed by atoms with Crippen LogP contribution in [0.2, 0.25) is 0 Å². The van der Waals surface area contributed by atoms with E-state index in [9.17, 15) is 135 Å². The number of allylic oxidation sites excluding steroid dienone is 1. The van der Waals surface area contributed by atoms with Gasteiger partial charge in [0.05, 0.1) is 69.5 Å². The Hall–Kier alpha value is -5.66. The van der Waals surface area contributed by atoms with E-state index >= 15 is 0 Å². The fourth-order valence-corrected chi connectivity index (χ4v) is 17.6. The average molecular weight is 1950 g/mol. The van der Waals surface area contributed by atoms with E-state index in [2.05, 4.69) is 35.1 Å². The van der Waals surface area contributed by atoms with Gasteiger partial charge in [-0.05, 0) is 32.6 Å². The van der Waals surface area contributed by atoms with Crippen molar-refractivity contribution in [1.29, 1.82) is 0 Å². The number of unbranched alkanes of at least 4 members (excludes halogenated alkanes) is 25. The highest BCUT2D eigenvalue weighted by Gasteiger charge is 2.67. The van der Waals surface area contributed by atoms with Crippen LogP contribution in [0.5, 0.6) is 0 Å². The van der Waals surface area contributed by atoms with Crippen molar-refractivity contribution < 1.29 is 202 Å². The third-order valence-electron chi connectivity index (χ3n) is 25.1. The maximum Gasteiger partial charge on any atom is 0.364 e. The van der Waals surface area contributed by atoms with Crippen LogP contribution in [0.4, 0.5) is 0 Å². The maximum absolute atomic E-state index is 14.6. The number of carboxylic acids is 2. The molecule has 0 bridgehead atoms. The van der Waals surface area contributed by atoms with E-state index in [1.54, 1.807) is 13.0 Å². The number of carboxylic acid groups (broad SMARTS) is 2. The van der Waals surface area contributed by atoms with Gasteiger partial charge >= 0.3 is 23.9 Å². The molecule has 0 aromatic heterocycles. The van der Waals surface area contributed by atoms with E-state index < -0.39 is 307 Å². The summed E-state index contributed by atoms with van der Waals surface area (Å²) in [5.41, 5.74) is -3.31. The summed E-state index contributed by atoms with van der Waals surface area (Å²) in [7, 11) is 0. The van der Waals surface area contributed by atoms with Crippen LogP contribution >= 0.6 is 0 Å². The first-order valence-electron chi connectivity index (χ1n) is 48.0. The van der Waals surface area contributed by atoms with Crippen molar-refractivity contribution in [3.8, 4) is 0 Å². The molecule has 0 aliphatic carbocycles. The molecule has 4 unspecified atom stereocenters. The van der Waals surface area contributed by atoms with E-state index in [4.69, 9.17) is 66.3 Å². The molecule has 6 rings (SSSR count). The fourth-order valence-electron chi connectivity index (χ4n) is 17.6. The summed E-state index contributed by atoms with van der Waals surface area (Å²) >= 11 is 0. The molecule has 6 saturated heterocycles. The molecule has 6 aliphatic heterocycles. The van der Waals surface area contributed by atoms with Gasteiger partial charge in [0.25, 0.3) is 11.6 Å². The van der Waals surface area contributed by atoms with Crippen LogP contribution < -0.4 is 21.3 Å². The topological polar surface area (TPSA) is 698 Å². The van der Waals surface area contributed by atoms with Gasteiger partial charge in [0, 0.05) is 53.4 Å². The Bertz CT molecular complexity index is 3520. The lowest BCUT2D eigenvalue weighted by molar-refractivity contribution is -0.422. The lowest BCUT2D eigenvalue weighted by Crippen LogP contribution is -2.75. The monoisotopic (exact) mass is 1950 g/mol. The first-order valence-corrected chi connectivity index (χ1v) is 48.0. The lowest BCUT2D eigenvalue weighted by Gasteiger charge is -2.55. The zero-order chi connectivity index (χ0) is 100. The number of ether oxygens (including phenoxy) is 14. The van der Waals surface area contributed by atoms with Gasteiger partial charge in [-0.25, -0.2) is 9.59 Å². The predicted octanol–water partition coefficient (Wildman–Crippen LogP) is -1.60. The molecule has 6 aliphatic rings. The van der Waals surface area contributed by atoms with E-state index in [0.717, 1.165) is 105 Å². The van der Waals surface area contributed by atoms with E-state index in [1.165, 1.54) is 96.0 Å². The molecule has 782 valence electrons. The van der Waals surface area contributed by atoms with Gasteiger partial charge in [-0.15, -0.1) is 0 Å². The molecule has 4 amide bonds. The summed E-state index contributed by atoms with van der Waals surface area (Å²) in [5, 5.41) is 230. The summed E-state index contributed by atoms with van der Waals surface area (Å²) in [6, 6.07) is -7.38. The minimum atomic E-state index is -3.79. The van der Waals surface area contributed by atoms with Crippen LogP contribution in [0.25, 0.3) is 0 Å². The summed E-state index contributed by atoms with van der Waals surface area (Å²) in [4.78, 5) is 107. The number of carbonyl (C=O) groups is 8. The van der Waals surface area contributed by atoms with E-state index in [1.807, 2.05) is 0 Å². The number of aliphatic hydroxyl groups is 17. The fraction of sp³-hybridized carbons (Fsp3) is 0.889. The molecule has 0 spiro atoms. The number of aliphatic hydroxyl groups excluding tert-OH is 16. The molecule has 45 heteroatoms. The Morgan fingerprint density at radius 3 is 1.40 bits per heavy atom. The van der Waals surface area contributed by atoms with Gasteiger partial charge in [-0.1, -0.05) is 187 Å². The number of carbonyl (C=O) groups excluding carboxylic acids is 6. The Balaban J connectivity index is 1.39. The second-order valence-corrected chi connectivity index (χ2v) is 36.4. The number of amides is 4.